The Morgan fingerprint density at radius 3 is 2.59 bits per heavy atom. The molecule has 0 atom stereocenters. The summed E-state index contributed by atoms with van der Waals surface area (Å²) in [6.07, 6.45) is 1.37. The number of hydrogen-bond acceptors (Lipinski definition) is 3. The molecule has 0 radical (unpaired) electrons. The molecule has 0 N–H and O–H groups in total. The molecule has 1 aromatic carbocycles. The number of benzene rings is 1. The van der Waals surface area contributed by atoms with Gasteiger partial charge in [-0.2, -0.15) is 5.10 Å². The molecule has 17 heavy (non-hydrogen) atoms. The van der Waals surface area contributed by atoms with Crippen molar-refractivity contribution in [2.45, 2.75) is 13.5 Å². The summed E-state index contributed by atoms with van der Waals surface area (Å²) in [5.74, 6) is -0.309. The zero-order valence-corrected chi connectivity index (χ0v) is 9.13. The quantitative estimate of drug-likeness (QED) is 0.605. The van der Waals surface area contributed by atoms with Crippen LogP contribution in [0.25, 0.3) is 0 Å². The third kappa shape index (κ3) is 2.47. The lowest BCUT2D eigenvalue weighted by Gasteiger charge is -2.00. The summed E-state index contributed by atoms with van der Waals surface area (Å²) >= 11 is 0. The highest BCUT2D eigenvalue weighted by Gasteiger charge is 2.15. The van der Waals surface area contributed by atoms with E-state index in [9.17, 15) is 14.5 Å². The van der Waals surface area contributed by atoms with E-state index in [1.165, 1.54) is 23.0 Å². The molecule has 5 nitrogen and oxygen atoms in total. The predicted octanol–water partition coefficient (Wildman–Crippen LogP) is 2.29. The molecule has 2 aromatic rings. The number of nitro groups is 1. The van der Waals surface area contributed by atoms with Gasteiger partial charge >= 0.3 is 5.69 Å². The van der Waals surface area contributed by atoms with Gasteiger partial charge in [-0.3, -0.25) is 14.8 Å². The van der Waals surface area contributed by atoms with Gasteiger partial charge in [0, 0.05) is 0 Å². The Labute approximate surface area is 96.6 Å². The van der Waals surface area contributed by atoms with Crippen LogP contribution in [0.5, 0.6) is 0 Å². The van der Waals surface area contributed by atoms with E-state index in [-0.39, 0.29) is 11.5 Å². The summed E-state index contributed by atoms with van der Waals surface area (Å²) in [4.78, 5) is 10.2. The molecule has 0 saturated carbocycles. The van der Waals surface area contributed by atoms with Gasteiger partial charge < -0.3 is 0 Å². The van der Waals surface area contributed by atoms with Crippen molar-refractivity contribution in [2.24, 2.45) is 0 Å². The molecule has 1 aromatic heterocycles. The Morgan fingerprint density at radius 1 is 1.41 bits per heavy atom. The monoisotopic (exact) mass is 235 g/mol. The molecule has 2 rings (SSSR count). The fourth-order valence-corrected chi connectivity index (χ4v) is 1.54. The highest BCUT2D eigenvalue weighted by Crippen LogP contribution is 2.16. The second-order valence-corrected chi connectivity index (χ2v) is 3.68. The molecule has 0 aliphatic carbocycles. The van der Waals surface area contributed by atoms with Crippen molar-refractivity contribution in [3.05, 3.63) is 57.7 Å². The number of aromatic nitrogens is 2. The summed E-state index contributed by atoms with van der Waals surface area (Å²) in [5, 5.41) is 14.7. The van der Waals surface area contributed by atoms with Crippen molar-refractivity contribution >= 4 is 5.69 Å². The predicted molar refractivity (Wildman–Crippen MR) is 59.1 cm³/mol. The highest BCUT2D eigenvalue weighted by atomic mass is 19.1. The SMILES string of the molecule is Cc1nn(Cc2ccc(F)cc2)cc1[N+](=O)[O-]. The maximum Gasteiger partial charge on any atom is 0.309 e. The Balaban J connectivity index is 2.22. The van der Waals surface area contributed by atoms with Crippen LogP contribution in [-0.4, -0.2) is 14.7 Å². The summed E-state index contributed by atoms with van der Waals surface area (Å²) < 4.78 is 14.2. The molecule has 0 amide bonds. The first-order valence-corrected chi connectivity index (χ1v) is 4.99. The maximum atomic E-state index is 12.7. The number of rotatable bonds is 3. The topological polar surface area (TPSA) is 61.0 Å². The number of nitrogens with zero attached hydrogens (tertiary/aromatic N) is 3. The van der Waals surface area contributed by atoms with Crippen LogP contribution in [0.1, 0.15) is 11.3 Å². The van der Waals surface area contributed by atoms with E-state index >= 15 is 0 Å². The summed E-state index contributed by atoms with van der Waals surface area (Å²) in [6, 6.07) is 5.94. The first kappa shape index (κ1) is 11.3. The molecule has 0 bridgehead atoms. The third-order valence-electron chi connectivity index (χ3n) is 2.37. The summed E-state index contributed by atoms with van der Waals surface area (Å²) in [6.45, 7) is 1.97. The van der Waals surface area contributed by atoms with Crippen molar-refractivity contribution in [3.8, 4) is 0 Å². The van der Waals surface area contributed by atoms with Gasteiger partial charge in [-0.05, 0) is 24.6 Å². The van der Waals surface area contributed by atoms with Gasteiger partial charge in [0.2, 0.25) is 0 Å². The van der Waals surface area contributed by atoms with Gasteiger partial charge in [0.1, 0.15) is 17.7 Å². The zero-order chi connectivity index (χ0) is 12.4. The molecule has 0 spiro atoms. The fraction of sp³-hybridized carbons (Fsp3) is 0.182. The van der Waals surface area contributed by atoms with E-state index in [1.54, 1.807) is 19.1 Å². The zero-order valence-electron chi connectivity index (χ0n) is 9.13. The van der Waals surface area contributed by atoms with Gasteiger partial charge in [0.15, 0.2) is 0 Å². The highest BCUT2D eigenvalue weighted by molar-refractivity contribution is 5.31. The Bertz CT molecular complexity index is 548. The van der Waals surface area contributed by atoms with Crippen molar-refractivity contribution in [3.63, 3.8) is 0 Å². The first-order chi connectivity index (χ1) is 8.06. The molecule has 0 saturated heterocycles. The first-order valence-electron chi connectivity index (χ1n) is 4.99. The van der Waals surface area contributed by atoms with Crippen molar-refractivity contribution in [1.29, 1.82) is 0 Å². The molecule has 1 heterocycles. The number of halogens is 1. The standard InChI is InChI=1S/C11H10FN3O2/c1-8-11(15(16)17)7-14(13-8)6-9-2-4-10(12)5-3-9/h2-5,7H,6H2,1H3. The van der Waals surface area contributed by atoms with Crippen LogP contribution in [-0.2, 0) is 6.54 Å². The van der Waals surface area contributed by atoms with Crippen LogP contribution in [0.3, 0.4) is 0 Å². The average Bonchev–Trinajstić information content (AvgIpc) is 2.63. The molecule has 0 aliphatic heterocycles. The van der Waals surface area contributed by atoms with Gasteiger partial charge in [0.05, 0.1) is 11.5 Å². The maximum absolute atomic E-state index is 12.7. The average molecular weight is 235 g/mol. The van der Waals surface area contributed by atoms with Crippen LogP contribution in [0.4, 0.5) is 10.1 Å². The van der Waals surface area contributed by atoms with Crippen molar-refractivity contribution < 1.29 is 9.31 Å². The molecular formula is C11H10FN3O2. The van der Waals surface area contributed by atoms with E-state index < -0.39 is 4.92 Å². The molecule has 0 unspecified atom stereocenters. The number of hydrogen-bond donors (Lipinski definition) is 0. The minimum Gasteiger partial charge on any atom is -0.261 e. The lowest BCUT2D eigenvalue weighted by molar-refractivity contribution is -0.385. The second-order valence-electron chi connectivity index (χ2n) is 3.68. The van der Waals surface area contributed by atoms with Gasteiger partial charge in [-0.15, -0.1) is 0 Å². The van der Waals surface area contributed by atoms with Crippen LogP contribution in [0.15, 0.2) is 30.5 Å². The van der Waals surface area contributed by atoms with Crippen LogP contribution < -0.4 is 0 Å². The molecule has 0 aliphatic rings. The van der Waals surface area contributed by atoms with Crippen LogP contribution in [0, 0.1) is 22.9 Å². The second kappa shape index (κ2) is 4.32. The Kier molecular flexibility index (Phi) is 2.86. The van der Waals surface area contributed by atoms with Gasteiger partial charge in [-0.1, -0.05) is 12.1 Å². The lowest BCUT2D eigenvalue weighted by atomic mass is 10.2. The van der Waals surface area contributed by atoms with E-state index in [0.29, 0.717) is 12.2 Å². The molecule has 0 fully saturated rings. The van der Waals surface area contributed by atoms with Crippen molar-refractivity contribution in [1.82, 2.24) is 9.78 Å². The summed E-state index contributed by atoms with van der Waals surface area (Å²) in [5.41, 5.74) is 1.20. The number of aryl methyl sites for hydroxylation is 1. The molecule has 6 heteroatoms. The van der Waals surface area contributed by atoms with Crippen LogP contribution in [0.2, 0.25) is 0 Å². The van der Waals surface area contributed by atoms with Crippen LogP contribution >= 0.6 is 0 Å². The van der Waals surface area contributed by atoms with E-state index in [2.05, 4.69) is 5.10 Å². The normalized spacial score (nSPS) is 10.5. The molecular weight excluding hydrogens is 225 g/mol. The smallest absolute Gasteiger partial charge is 0.261 e. The summed E-state index contributed by atoms with van der Waals surface area (Å²) in [7, 11) is 0. The Morgan fingerprint density at radius 2 is 2.06 bits per heavy atom. The lowest BCUT2D eigenvalue weighted by Crippen LogP contribution is -2.00. The minimum atomic E-state index is -0.469. The minimum absolute atomic E-state index is 0.00730. The van der Waals surface area contributed by atoms with E-state index in [4.69, 9.17) is 0 Å². The Hall–Kier alpha value is -2.24. The third-order valence-corrected chi connectivity index (χ3v) is 2.37. The van der Waals surface area contributed by atoms with E-state index in [1.807, 2.05) is 0 Å². The largest absolute Gasteiger partial charge is 0.309 e. The van der Waals surface area contributed by atoms with Gasteiger partial charge in [0.25, 0.3) is 0 Å². The van der Waals surface area contributed by atoms with Gasteiger partial charge in [-0.25, -0.2) is 4.39 Å². The van der Waals surface area contributed by atoms with Crippen molar-refractivity contribution in [2.75, 3.05) is 0 Å². The molecule has 88 valence electrons. The fourth-order valence-electron chi connectivity index (χ4n) is 1.54. The van der Waals surface area contributed by atoms with E-state index in [0.717, 1.165) is 5.56 Å².